The highest BCUT2D eigenvalue weighted by atomic mass is 32.2. The van der Waals surface area contributed by atoms with Gasteiger partial charge in [-0.1, -0.05) is 23.9 Å². The van der Waals surface area contributed by atoms with Gasteiger partial charge in [0.15, 0.2) is 0 Å². The molecular weight excluding hydrogens is 369 g/mol. The summed E-state index contributed by atoms with van der Waals surface area (Å²) in [6, 6.07) is 13.3. The second-order valence-electron chi connectivity index (χ2n) is 5.77. The Kier molecular flexibility index (Phi) is 6.08. The molecule has 0 bridgehead atoms. The molecule has 0 aliphatic rings. The topological polar surface area (TPSA) is 68.5 Å². The summed E-state index contributed by atoms with van der Waals surface area (Å²) in [6.07, 6.45) is 0. The Balaban J connectivity index is 1.54. The summed E-state index contributed by atoms with van der Waals surface area (Å²) >= 11 is 1.16. The Morgan fingerprint density at radius 2 is 2.00 bits per heavy atom. The molecule has 1 amide bonds. The fourth-order valence-electron chi connectivity index (χ4n) is 2.34. The maximum absolute atomic E-state index is 13.0. The number of ether oxygens (including phenoxy) is 1. The predicted octanol–water partition coefficient (Wildman–Crippen LogP) is 3.64. The van der Waals surface area contributed by atoms with E-state index in [9.17, 15) is 9.18 Å². The zero-order valence-electron chi connectivity index (χ0n) is 14.9. The molecule has 0 fully saturated rings. The molecule has 27 heavy (non-hydrogen) atoms. The van der Waals surface area contributed by atoms with Crippen molar-refractivity contribution in [3.8, 4) is 17.2 Å². The van der Waals surface area contributed by atoms with Crippen molar-refractivity contribution in [3.63, 3.8) is 0 Å². The van der Waals surface area contributed by atoms with Crippen LogP contribution in [0.3, 0.4) is 0 Å². The lowest BCUT2D eigenvalue weighted by Crippen LogP contribution is -2.27. The minimum Gasteiger partial charge on any atom is -0.497 e. The zero-order valence-corrected chi connectivity index (χ0v) is 15.7. The van der Waals surface area contributed by atoms with Crippen LogP contribution in [0.15, 0.2) is 58.2 Å². The molecule has 0 aliphatic carbocycles. The van der Waals surface area contributed by atoms with E-state index in [4.69, 9.17) is 9.15 Å². The van der Waals surface area contributed by atoms with E-state index in [1.807, 2.05) is 24.3 Å². The van der Waals surface area contributed by atoms with Crippen molar-refractivity contribution < 1.29 is 18.3 Å². The van der Waals surface area contributed by atoms with E-state index in [2.05, 4.69) is 10.2 Å². The third-order valence-corrected chi connectivity index (χ3v) is 4.60. The zero-order chi connectivity index (χ0) is 19.2. The van der Waals surface area contributed by atoms with Crippen LogP contribution in [0.4, 0.5) is 4.39 Å². The normalized spacial score (nSPS) is 10.6. The molecule has 0 aliphatic heterocycles. The average molecular weight is 387 g/mol. The van der Waals surface area contributed by atoms with Gasteiger partial charge in [0.25, 0.3) is 5.22 Å². The van der Waals surface area contributed by atoms with Gasteiger partial charge in [-0.3, -0.25) is 4.79 Å². The van der Waals surface area contributed by atoms with Gasteiger partial charge in [-0.05, 0) is 42.0 Å². The minimum atomic E-state index is -0.336. The molecule has 0 unspecified atom stereocenters. The molecule has 0 N–H and O–H groups in total. The van der Waals surface area contributed by atoms with Gasteiger partial charge in [0.1, 0.15) is 11.6 Å². The molecular formula is C19H18FN3O3S. The van der Waals surface area contributed by atoms with Crippen LogP contribution >= 0.6 is 11.8 Å². The number of rotatable bonds is 7. The van der Waals surface area contributed by atoms with Crippen LogP contribution in [0.5, 0.6) is 5.75 Å². The van der Waals surface area contributed by atoms with Gasteiger partial charge in [0, 0.05) is 19.2 Å². The number of hydrogen-bond donors (Lipinski definition) is 0. The second-order valence-corrected chi connectivity index (χ2v) is 6.70. The Morgan fingerprint density at radius 3 is 2.74 bits per heavy atom. The molecule has 1 heterocycles. The van der Waals surface area contributed by atoms with Crippen LogP contribution in [0.1, 0.15) is 5.56 Å². The minimum absolute atomic E-state index is 0.0654. The fraction of sp³-hybridized carbons (Fsp3) is 0.211. The van der Waals surface area contributed by atoms with Crippen LogP contribution in [-0.4, -0.2) is 40.9 Å². The molecule has 0 saturated heterocycles. The summed E-state index contributed by atoms with van der Waals surface area (Å²) in [5.74, 6) is 0.810. The molecule has 0 radical (unpaired) electrons. The largest absolute Gasteiger partial charge is 0.497 e. The van der Waals surface area contributed by atoms with Gasteiger partial charge >= 0.3 is 0 Å². The van der Waals surface area contributed by atoms with E-state index in [1.165, 1.54) is 12.1 Å². The maximum atomic E-state index is 13.0. The SMILES string of the molecule is COc1cccc(CN(C)C(=O)CSc2nnc(-c3ccc(F)cc3)o2)c1. The van der Waals surface area contributed by atoms with E-state index < -0.39 is 0 Å². The summed E-state index contributed by atoms with van der Waals surface area (Å²) < 4.78 is 23.7. The molecule has 6 nitrogen and oxygen atoms in total. The number of benzene rings is 2. The first-order valence-corrected chi connectivity index (χ1v) is 9.13. The van der Waals surface area contributed by atoms with Crippen molar-refractivity contribution in [2.45, 2.75) is 11.8 Å². The number of hydrogen-bond acceptors (Lipinski definition) is 6. The summed E-state index contributed by atoms with van der Waals surface area (Å²) in [6.45, 7) is 0.473. The highest BCUT2D eigenvalue weighted by Gasteiger charge is 2.14. The summed E-state index contributed by atoms with van der Waals surface area (Å²) in [4.78, 5) is 14.0. The first-order chi connectivity index (χ1) is 13.0. The molecule has 3 aromatic rings. The lowest BCUT2D eigenvalue weighted by molar-refractivity contribution is -0.127. The van der Waals surface area contributed by atoms with Crippen LogP contribution < -0.4 is 4.74 Å². The van der Waals surface area contributed by atoms with Crippen LogP contribution in [0.2, 0.25) is 0 Å². The number of carbonyl (C=O) groups is 1. The molecule has 0 atom stereocenters. The second kappa shape index (κ2) is 8.68. The fourth-order valence-corrected chi connectivity index (χ4v) is 3.05. The third-order valence-electron chi connectivity index (χ3n) is 3.80. The van der Waals surface area contributed by atoms with Gasteiger partial charge in [-0.2, -0.15) is 0 Å². The highest BCUT2D eigenvalue weighted by Crippen LogP contribution is 2.23. The van der Waals surface area contributed by atoms with Crippen LogP contribution in [0.25, 0.3) is 11.5 Å². The Labute approximate surface area is 160 Å². The molecule has 8 heteroatoms. The standard InChI is InChI=1S/C19H18FN3O3S/c1-23(11-13-4-3-5-16(10-13)25-2)17(24)12-27-19-22-21-18(26-19)14-6-8-15(20)9-7-14/h3-10H,11-12H2,1-2H3. The van der Waals surface area contributed by atoms with E-state index in [0.29, 0.717) is 12.1 Å². The summed E-state index contributed by atoms with van der Waals surface area (Å²) in [7, 11) is 3.34. The Hall–Kier alpha value is -2.87. The van der Waals surface area contributed by atoms with Gasteiger partial charge in [0.05, 0.1) is 12.9 Å². The molecule has 3 rings (SSSR count). The Bertz CT molecular complexity index is 915. The summed E-state index contributed by atoms with van der Waals surface area (Å²) in [5, 5.41) is 8.13. The molecule has 140 valence electrons. The first kappa shape index (κ1) is 18.9. The number of carbonyl (C=O) groups excluding carboxylic acids is 1. The number of halogens is 1. The number of methoxy groups -OCH3 is 1. The first-order valence-electron chi connectivity index (χ1n) is 8.14. The third kappa shape index (κ3) is 5.07. The van der Waals surface area contributed by atoms with Crippen molar-refractivity contribution in [1.29, 1.82) is 0 Å². The number of nitrogens with zero attached hydrogens (tertiary/aromatic N) is 3. The van der Waals surface area contributed by atoms with Crippen molar-refractivity contribution >= 4 is 17.7 Å². The van der Waals surface area contributed by atoms with E-state index >= 15 is 0 Å². The number of aromatic nitrogens is 2. The Morgan fingerprint density at radius 1 is 1.22 bits per heavy atom. The van der Waals surface area contributed by atoms with Gasteiger partial charge in [-0.25, -0.2) is 4.39 Å². The van der Waals surface area contributed by atoms with Crippen molar-refractivity contribution in [2.24, 2.45) is 0 Å². The quantitative estimate of drug-likeness (QED) is 0.577. The lowest BCUT2D eigenvalue weighted by atomic mass is 10.2. The number of amides is 1. The van der Waals surface area contributed by atoms with Crippen molar-refractivity contribution in [1.82, 2.24) is 15.1 Å². The van der Waals surface area contributed by atoms with Gasteiger partial charge in [0.2, 0.25) is 11.8 Å². The summed E-state index contributed by atoms with van der Waals surface area (Å²) in [5.41, 5.74) is 1.60. The van der Waals surface area contributed by atoms with Crippen LogP contribution in [0, 0.1) is 5.82 Å². The van der Waals surface area contributed by atoms with E-state index in [1.54, 1.807) is 31.2 Å². The average Bonchev–Trinajstić information content (AvgIpc) is 3.15. The molecule has 1 aromatic heterocycles. The van der Waals surface area contributed by atoms with Crippen molar-refractivity contribution in [2.75, 3.05) is 19.9 Å². The van der Waals surface area contributed by atoms with E-state index in [-0.39, 0.29) is 28.6 Å². The highest BCUT2D eigenvalue weighted by molar-refractivity contribution is 7.99. The molecule has 0 saturated carbocycles. The van der Waals surface area contributed by atoms with Gasteiger partial charge < -0.3 is 14.1 Å². The molecule has 2 aromatic carbocycles. The van der Waals surface area contributed by atoms with Crippen molar-refractivity contribution in [3.05, 3.63) is 59.9 Å². The van der Waals surface area contributed by atoms with Gasteiger partial charge in [-0.15, -0.1) is 10.2 Å². The predicted molar refractivity (Wildman–Crippen MR) is 99.9 cm³/mol. The van der Waals surface area contributed by atoms with E-state index in [0.717, 1.165) is 23.1 Å². The smallest absolute Gasteiger partial charge is 0.277 e. The maximum Gasteiger partial charge on any atom is 0.277 e. The monoisotopic (exact) mass is 387 g/mol. The lowest BCUT2D eigenvalue weighted by Gasteiger charge is -2.17. The molecule has 0 spiro atoms. The number of thioether (sulfide) groups is 1. The van der Waals surface area contributed by atoms with Crippen LogP contribution in [-0.2, 0) is 11.3 Å².